The van der Waals surface area contributed by atoms with Gasteiger partial charge in [-0.05, 0) is 44.0 Å². The second kappa shape index (κ2) is 7.56. The smallest absolute Gasteiger partial charge is 0.234 e. The zero-order chi connectivity index (χ0) is 17.9. The van der Waals surface area contributed by atoms with Crippen molar-refractivity contribution in [1.29, 1.82) is 0 Å². The Kier molecular flexibility index (Phi) is 5.00. The third-order valence-corrected chi connectivity index (χ3v) is 6.12. The number of para-hydroxylation sites is 1. The molecular formula is C21H23N3OS. The number of carbonyl (C=O) groups excluding carboxylic acids is 1. The zero-order valence-corrected chi connectivity index (χ0v) is 15.7. The monoisotopic (exact) mass is 365 g/mol. The predicted molar refractivity (Wildman–Crippen MR) is 106 cm³/mol. The summed E-state index contributed by atoms with van der Waals surface area (Å²) >= 11 is 1.75. The van der Waals surface area contributed by atoms with Crippen molar-refractivity contribution < 1.29 is 4.79 Å². The number of rotatable bonds is 5. The van der Waals surface area contributed by atoms with E-state index >= 15 is 0 Å². The van der Waals surface area contributed by atoms with Gasteiger partial charge in [0.25, 0.3) is 0 Å². The summed E-state index contributed by atoms with van der Waals surface area (Å²) in [6.07, 6.45) is 2.18. The van der Waals surface area contributed by atoms with E-state index in [0.29, 0.717) is 6.54 Å². The number of hydrogen-bond donors (Lipinski definition) is 1. The minimum absolute atomic E-state index is 0.0206. The summed E-state index contributed by atoms with van der Waals surface area (Å²) in [6.45, 7) is 3.41. The maximum absolute atomic E-state index is 12.6. The molecule has 0 radical (unpaired) electrons. The first-order valence-electron chi connectivity index (χ1n) is 9.14. The van der Waals surface area contributed by atoms with Gasteiger partial charge in [-0.3, -0.25) is 9.69 Å². The van der Waals surface area contributed by atoms with Crippen LogP contribution in [-0.4, -0.2) is 28.9 Å². The molecule has 0 spiro atoms. The average Bonchev–Trinajstić information content (AvgIpc) is 3.28. The Bertz CT molecular complexity index is 859. The van der Waals surface area contributed by atoms with Gasteiger partial charge in [-0.25, -0.2) is 4.98 Å². The largest absolute Gasteiger partial charge is 0.348 e. The lowest BCUT2D eigenvalue weighted by molar-refractivity contribution is -0.123. The lowest BCUT2D eigenvalue weighted by Gasteiger charge is -2.23. The first-order valence-corrected chi connectivity index (χ1v) is 9.96. The lowest BCUT2D eigenvalue weighted by atomic mass is 10.1. The lowest BCUT2D eigenvalue weighted by Crippen LogP contribution is -2.38. The quantitative estimate of drug-likeness (QED) is 0.733. The Hall–Kier alpha value is -2.24. The Balaban J connectivity index is 1.42. The van der Waals surface area contributed by atoms with Crippen LogP contribution >= 0.6 is 11.3 Å². The number of benzene rings is 2. The molecule has 5 heteroatoms. The fraction of sp³-hybridized carbons (Fsp3) is 0.333. The minimum Gasteiger partial charge on any atom is -0.348 e. The van der Waals surface area contributed by atoms with Crippen LogP contribution in [0.3, 0.4) is 0 Å². The summed E-state index contributed by atoms with van der Waals surface area (Å²) in [6, 6.07) is 18.6. The molecule has 1 amide bonds. The van der Waals surface area contributed by atoms with E-state index in [4.69, 9.17) is 4.98 Å². The van der Waals surface area contributed by atoms with Crippen molar-refractivity contribution in [3.05, 3.63) is 65.2 Å². The molecule has 2 atom stereocenters. The van der Waals surface area contributed by atoms with E-state index in [1.807, 2.05) is 43.3 Å². The predicted octanol–water partition coefficient (Wildman–Crippen LogP) is 4.31. The Labute approximate surface area is 157 Å². The number of fused-ring (bicyclic) bond motifs is 1. The highest BCUT2D eigenvalue weighted by Crippen LogP contribution is 2.36. The molecule has 0 saturated carbocycles. The van der Waals surface area contributed by atoms with Crippen molar-refractivity contribution in [3.8, 4) is 0 Å². The van der Waals surface area contributed by atoms with Crippen LogP contribution in [0.2, 0.25) is 0 Å². The van der Waals surface area contributed by atoms with E-state index < -0.39 is 0 Å². The van der Waals surface area contributed by atoms with E-state index in [2.05, 4.69) is 28.4 Å². The molecule has 2 heterocycles. The normalized spacial score (nSPS) is 18.9. The van der Waals surface area contributed by atoms with Gasteiger partial charge in [-0.2, -0.15) is 0 Å². The molecule has 4 nitrogen and oxygen atoms in total. The molecule has 26 heavy (non-hydrogen) atoms. The molecular weight excluding hydrogens is 342 g/mol. The fourth-order valence-electron chi connectivity index (χ4n) is 3.62. The number of aromatic nitrogens is 1. The van der Waals surface area contributed by atoms with Gasteiger partial charge in [-0.1, -0.05) is 42.5 Å². The van der Waals surface area contributed by atoms with E-state index in [1.165, 1.54) is 4.70 Å². The number of carbonyl (C=O) groups is 1. The van der Waals surface area contributed by atoms with Gasteiger partial charge >= 0.3 is 0 Å². The maximum Gasteiger partial charge on any atom is 0.234 e. The van der Waals surface area contributed by atoms with Crippen LogP contribution < -0.4 is 5.32 Å². The molecule has 0 unspecified atom stereocenters. The van der Waals surface area contributed by atoms with E-state index in [1.54, 1.807) is 11.3 Å². The first kappa shape index (κ1) is 17.2. The van der Waals surface area contributed by atoms with Crippen molar-refractivity contribution in [2.45, 2.75) is 31.8 Å². The van der Waals surface area contributed by atoms with Crippen LogP contribution in [0, 0.1) is 0 Å². The van der Waals surface area contributed by atoms with E-state index in [9.17, 15) is 4.79 Å². The number of hydrogen-bond acceptors (Lipinski definition) is 4. The summed E-state index contributed by atoms with van der Waals surface area (Å²) < 4.78 is 1.22. The number of thiazole rings is 1. The van der Waals surface area contributed by atoms with Gasteiger partial charge in [0.1, 0.15) is 5.01 Å². The third-order valence-electron chi connectivity index (χ3n) is 4.98. The second-order valence-electron chi connectivity index (χ2n) is 6.85. The number of nitrogens with zero attached hydrogens (tertiary/aromatic N) is 2. The van der Waals surface area contributed by atoms with Crippen LogP contribution in [0.25, 0.3) is 10.2 Å². The average molecular weight is 366 g/mol. The summed E-state index contributed by atoms with van der Waals surface area (Å²) in [4.78, 5) is 19.6. The molecule has 1 aliphatic rings. The van der Waals surface area contributed by atoms with E-state index in [0.717, 1.165) is 35.5 Å². The van der Waals surface area contributed by atoms with Gasteiger partial charge in [0.2, 0.25) is 5.91 Å². The molecule has 1 aromatic heterocycles. The van der Waals surface area contributed by atoms with Crippen molar-refractivity contribution >= 4 is 27.5 Å². The molecule has 2 aromatic carbocycles. The Morgan fingerprint density at radius 1 is 1.23 bits per heavy atom. The minimum atomic E-state index is 0.0206. The molecule has 1 fully saturated rings. The van der Waals surface area contributed by atoms with Crippen molar-refractivity contribution in [3.63, 3.8) is 0 Å². The van der Waals surface area contributed by atoms with E-state index in [-0.39, 0.29) is 18.0 Å². The molecule has 1 N–H and O–H groups in total. The topological polar surface area (TPSA) is 45.2 Å². The number of likely N-dealkylation sites (tertiary alicyclic amines) is 1. The van der Waals surface area contributed by atoms with Gasteiger partial charge in [0.05, 0.1) is 28.8 Å². The molecule has 0 aliphatic carbocycles. The van der Waals surface area contributed by atoms with Crippen LogP contribution in [0.5, 0.6) is 0 Å². The SMILES string of the molecule is C[C@H](NC(=O)CN1CCC[C@@H]1c1nc2ccccc2s1)c1ccccc1. The van der Waals surface area contributed by atoms with Gasteiger partial charge in [0.15, 0.2) is 0 Å². The fourth-order valence-corrected chi connectivity index (χ4v) is 4.76. The third kappa shape index (κ3) is 3.64. The highest BCUT2D eigenvalue weighted by atomic mass is 32.1. The van der Waals surface area contributed by atoms with Crippen molar-refractivity contribution in [2.75, 3.05) is 13.1 Å². The Morgan fingerprint density at radius 2 is 2.00 bits per heavy atom. The van der Waals surface area contributed by atoms with Crippen LogP contribution in [0.15, 0.2) is 54.6 Å². The van der Waals surface area contributed by atoms with Crippen molar-refractivity contribution in [1.82, 2.24) is 15.2 Å². The van der Waals surface area contributed by atoms with Crippen LogP contribution in [0.1, 0.15) is 42.4 Å². The molecule has 3 aromatic rings. The summed E-state index contributed by atoms with van der Waals surface area (Å²) in [5, 5.41) is 4.26. The molecule has 1 aliphatic heterocycles. The second-order valence-corrected chi connectivity index (χ2v) is 7.91. The zero-order valence-electron chi connectivity index (χ0n) is 14.9. The maximum atomic E-state index is 12.6. The van der Waals surface area contributed by atoms with Crippen LogP contribution in [0.4, 0.5) is 0 Å². The molecule has 1 saturated heterocycles. The molecule has 134 valence electrons. The number of nitrogens with one attached hydrogen (secondary N) is 1. The number of amides is 1. The van der Waals surface area contributed by atoms with Crippen LogP contribution in [-0.2, 0) is 4.79 Å². The van der Waals surface area contributed by atoms with Crippen molar-refractivity contribution in [2.24, 2.45) is 0 Å². The Morgan fingerprint density at radius 3 is 2.81 bits per heavy atom. The summed E-state index contributed by atoms with van der Waals surface area (Å²) in [5.74, 6) is 0.0781. The van der Waals surface area contributed by atoms with Gasteiger partial charge in [0, 0.05) is 0 Å². The molecule has 4 rings (SSSR count). The standard InChI is InChI=1S/C21H23N3OS/c1-15(16-8-3-2-4-9-16)22-20(25)14-24-13-7-11-18(24)21-23-17-10-5-6-12-19(17)26-21/h2-6,8-10,12,15,18H,7,11,13-14H2,1H3,(H,22,25)/t15-,18+/m0/s1. The summed E-state index contributed by atoms with van der Waals surface area (Å²) in [5.41, 5.74) is 2.19. The van der Waals surface area contributed by atoms with Gasteiger partial charge < -0.3 is 5.32 Å². The highest BCUT2D eigenvalue weighted by Gasteiger charge is 2.30. The first-order chi connectivity index (χ1) is 12.7. The summed E-state index contributed by atoms with van der Waals surface area (Å²) in [7, 11) is 0. The molecule has 0 bridgehead atoms. The highest BCUT2D eigenvalue weighted by molar-refractivity contribution is 7.18. The van der Waals surface area contributed by atoms with Gasteiger partial charge in [-0.15, -0.1) is 11.3 Å².